The van der Waals surface area contributed by atoms with Gasteiger partial charge in [0.05, 0.1) is 11.3 Å². The van der Waals surface area contributed by atoms with Crippen molar-refractivity contribution >= 4 is 46.5 Å². The highest BCUT2D eigenvalue weighted by molar-refractivity contribution is 7.99. The van der Waals surface area contributed by atoms with Crippen molar-refractivity contribution in [2.75, 3.05) is 0 Å². The minimum atomic E-state index is -4.34. The quantitative estimate of drug-likeness (QED) is 0.362. The molecule has 0 atom stereocenters. The number of aromatic amines is 1. The van der Waals surface area contributed by atoms with E-state index >= 15 is 0 Å². The summed E-state index contributed by atoms with van der Waals surface area (Å²) in [6.07, 6.45) is 0.992. The van der Waals surface area contributed by atoms with E-state index in [0.29, 0.717) is 10.6 Å². The van der Waals surface area contributed by atoms with Crippen molar-refractivity contribution in [2.45, 2.75) is 16.0 Å². The number of fused-ring (bicyclic) bond motifs is 1. The molecule has 0 radical (unpaired) electrons. The molecule has 0 saturated heterocycles. The maximum Gasteiger partial charge on any atom is 0.416 e. The van der Waals surface area contributed by atoms with Crippen LogP contribution >= 0.6 is 23.4 Å². The topological polar surface area (TPSA) is 28.7 Å². The molecule has 0 spiro atoms. The van der Waals surface area contributed by atoms with E-state index in [1.54, 1.807) is 24.0 Å². The van der Waals surface area contributed by atoms with E-state index in [0.717, 1.165) is 38.7 Å². The first-order valence-corrected chi connectivity index (χ1v) is 9.85. The molecule has 2 heterocycles. The summed E-state index contributed by atoms with van der Waals surface area (Å²) < 4.78 is 38.2. The van der Waals surface area contributed by atoms with E-state index < -0.39 is 11.7 Å². The predicted octanol–water partition coefficient (Wildman–Crippen LogP) is 7.56. The van der Waals surface area contributed by atoms with Crippen LogP contribution in [0.1, 0.15) is 16.8 Å². The van der Waals surface area contributed by atoms with Crippen molar-refractivity contribution in [1.29, 1.82) is 0 Å². The molecule has 4 aromatic rings. The predicted molar refractivity (Wildman–Crippen MR) is 112 cm³/mol. The Morgan fingerprint density at radius 3 is 2.34 bits per heavy atom. The third-order valence-corrected chi connectivity index (χ3v) is 5.67. The fourth-order valence-corrected chi connectivity index (χ4v) is 3.97. The highest BCUT2D eigenvalue weighted by Crippen LogP contribution is 2.37. The van der Waals surface area contributed by atoms with E-state index in [4.69, 9.17) is 11.6 Å². The number of benzene rings is 2. The van der Waals surface area contributed by atoms with Crippen LogP contribution in [-0.4, -0.2) is 9.97 Å². The molecule has 0 bridgehead atoms. The Balaban J connectivity index is 1.67. The van der Waals surface area contributed by atoms with Crippen molar-refractivity contribution in [3.05, 3.63) is 88.7 Å². The summed E-state index contributed by atoms with van der Waals surface area (Å²) in [7, 11) is 0. The molecule has 2 aromatic heterocycles. The van der Waals surface area contributed by atoms with Crippen molar-refractivity contribution in [1.82, 2.24) is 9.97 Å². The van der Waals surface area contributed by atoms with Crippen LogP contribution in [-0.2, 0) is 6.18 Å². The SMILES string of the molecule is FC(F)(F)c1ccc(/C=C/c2[nH]c3ncccc3c2Sc2ccc(Cl)cc2)cc1. The van der Waals surface area contributed by atoms with Crippen LogP contribution in [0.3, 0.4) is 0 Å². The molecule has 29 heavy (non-hydrogen) atoms. The molecule has 0 unspecified atom stereocenters. The van der Waals surface area contributed by atoms with Gasteiger partial charge in [-0.2, -0.15) is 13.2 Å². The van der Waals surface area contributed by atoms with E-state index in [1.807, 2.05) is 42.5 Å². The van der Waals surface area contributed by atoms with Gasteiger partial charge in [-0.15, -0.1) is 0 Å². The first-order chi connectivity index (χ1) is 13.9. The van der Waals surface area contributed by atoms with E-state index in [2.05, 4.69) is 9.97 Å². The number of H-pyrrole nitrogens is 1. The highest BCUT2D eigenvalue weighted by atomic mass is 35.5. The summed E-state index contributed by atoms with van der Waals surface area (Å²) >= 11 is 7.54. The Hall–Kier alpha value is -2.70. The average Bonchev–Trinajstić information content (AvgIpc) is 3.05. The van der Waals surface area contributed by atoms with Gasteiger partial charge in [0, 0.05) is 26.4 Å². The van der Waals surface area contributed by atoms with Gasteiger partial charge in [0.25, 0.3) is 0 Å². The Bertz CT molecular complexity index is 1160. The van der Waals surface area contributed by atoms with Gasteiger partial charge in [-0.05, 0) is 60.2 Å². The summed E-state index contributed by atoms with van der Waals surface area (Å²) in [6.45, 7) is 0. The molecule has 2 aromatic carbocycles. The van der Waals surface area contributed by atoms with Crippen LogP contribution < -0.4 is 0 Å². The number of aromatic nitrogens is 2. The number of pyridine rings is 1. The van der Waals surface area contributed by atoms with Crippen molar-refractivity contribution in [3.8, 4) is 0 Å². The fourth-order valence-electron chi connectivity index (χ4n) is 2.83. The number of alkyl halides is 3. The fraction of sp³-hybridized carbons (Fsp3) is 0.0455. The molecular weight excluding hydrogens is 417 g/mol. The lowest BCUT2D eigenvalue weighted by molar-refractivity contribution is -0.137. The lowest BCUT2D eigenvalue weighted by atomic mass is 10.1. The maximum atomic E-state index is 12.7. The van der Waals surface area contributed by atoms with Crippen LogP contribution in [0.5, 0.6) is 0 Å². The first kappa shape index (κ1) is 19.6. The molecule has 146 valence electrons. The summed E-state index contributed by atoms with van der Waals surface area (Å²) in [5.74, 6) is 0. The molecule has 0 aliphatic heterocycles. The monoisotopic (exact) mass is 430 g/mol. The number of hydrogen-bond acceptors (Lipinski definition) is 2. The zero-order valence-corrected chi connectivity index (χ0v) is 16.4. The summed E-state index contributed by atoms with van der Waals surface area (Å²) in [5.41, 5.74) is 1.59. The number of nitrogens with zero attached hydrogens (tertiary/aromatic N) is 1. The lowest BCUT2D eigenvalue weighted by Crippen LogP contribution is -2.03. The number of hydrogen-bond donors (Lipinski definition) is 1. The van der Waals surface area contributed by atoms with Gasteiger partial charge < -0.3 is 4.98 Å². The first-order valence-electron chi connectivity index (χ1n) is 8.65. The molecule has 0 aliphatic rings. The van der Waals surface area contributed by atoms with Gasteiger partial charge in [0.2, 0.25) is 0 Å². The van der Waals surface area contributed by atoms with Crippen LogP contribution in [0, 0.1) is 0 Å². The summed E-state index contributed by atoms with van der Waals surface area (Å²) in [6, 6.07) is 16.4. The number of nitrogens with one attached hydrogen (secondary N) is 1. The van der Waals surface area contributed by atoms with Crippen LogP contribution in [0.2, 0.25) is 5.02 Å². The zero-order chi connectivity index (χ0) is 20.4. The highest BCUT2D eigenvalue weighted by Gasteiger charge is 2.29. The third-order valence-electron chi connectivity index (χ3n) is 4.26. The van der Waals surface area contributed by atoms with Crippen molar-refractivity contribution in [3.63, 3.8) is 0 Å². The molecular formula is C22H14ClF3N2S. The van der Waals surface area contributed by atoms with Crippen molar-refractivity contribution < 1.29 is 13.2 Å². The molecule has 1 N–H and O–H groups in total. The van der Waals surface area contributed by atoms with Crippen LogP contribution in [0.15, 0.2) is 76.7 Å². The second-order valence-electron chi connectivity index (χ2n) is 6.28. The Kier molecular flexibility index (Phi) is 5.39. The second kappa shape index (κ2) is 7.97. The molecule has 4 rings (SSSR count). The minimum Gasteiger partial charge on any atom is -0.339 e. The molecule has 0 aliphatic carbocycles. The van der Waals surface area contributed by atoms with Crippen molar-refractivity contribution in [2.24, 2.45) is 0 Å². The average molecular weight is 431 g/mol. The normalized spacial score (nSPS) is 12.1. The lowest BCUT2D eigenvalue weighted by Gasteiger charge is -2.06. The van der Waals surface area contributed by atoms with Gasteiger partial charge in [-0.1, -0.05) is 41.6 Å². The number of halogens is 4. The molecule has 7 heteroatoms. The van der Waals surface area contributed by atoms with E-state index in [9.17, 15) is 13.2 Å². The van der Waals surface area contributed by atoms with Gasteiger partial charge in [0.1, 0.15) is 5.65 Å². The Morgan fingerprint density at radius 1 is 0.931 bits per heavy atom. The smallest absolute Gasteiger partial charge is 0.339 e. The van der Waals surface area contributed by atoms with Gasteiger partial charge in [0.15, 0.2) is 0 Å². The molecule has 2 nitrogen and oxygen atoms in total. The summed E-state index contributed by atoms with van der Waals surface area (Å²) in [4.78, 5) is 9.64. The van der Waals surface area contributed by atoms with Crippen LogP contribution in [0.25, 0.3) is 23.2 Å². The van der Waals surface area contributed by atoms with Gasteiger partial charge in [-0.3, -0.25) is 0 Å². The standard InChI is InChI=1S/C22H14ClF3N2S/c23-16-8-10-17(11-9-16)29-20-18-2-1-13-27-21(18)28-19(20)12-5-14-3-6-15(7-4-14)22(24,25)26/h1-13H,(H,27,28)/b12-5+. The minimum absolute atomic E-state index is 0.663. The zero-order valence-electron chi connectivity index (χ0n) is 14.9. The van der Waals surface area contributed by atoms with E-state index in [1.165, 1.54) is 12.1 Å². The largest absolute Gasteiger partial charge is 0.416 e. The Morgan fingerprint density at radius 2 is 1.66 bits per heavy atom. The Labute approximate surface area is 174 Å². The maximum absolute atomic E-state index is 12.7. The second-order valence-corrected chi connectivity index (χ2v) is 7.80. The molecule has 0 saturated carbocycles. The number of rotatable bonds is 4. The van der Waals surface area contributed by atoms with Crippen LogP contribution in [0.4, 0.5) is 13.2 Å². The molecule has 0 amide bonds. The van der Waals surface area contributed by atoms with Gasteiger partial charge >= 0.3 is 6.18 Å². The third kappa shape index (κ3) is 4.49. The summed E-state index contributed by atoms with van der Waals surface area (Å²) in [5, 5.41) is 1.64. The van der Waals surface area contributed by atoms with E-state index in [-0.39, 0.29) is 0 Å². The van der Waals surface area contributed by atoms with Gasteiger partial charge in [-0.25, -0.2) is 4.98 Å². The molecule has 0 fully saturated rings.